The van der Waals surface area contributed by atoms with Gasteiger partial charge in [0, 0.05) is 31.3 Å². The van der Waals surface area contributed by atoms with Gasteiger partial charge in [0.05, 0.1) is 5.02 Å². The van der Waals surface area contributed by atoms with E-state index in [2.05, 4.69) is 17.2 Å². The lowest BCUT2D eigenvalue weighted by Crippen LogP contribution is -2.41. The quantitative estimate of drug-likeness (QED) is 0.837. The van der Waals surface area contributed by atoms with Gasteiger partial charge in [-0.25, -0.2) is 8.78 Å². The number of alkyl halides is 2. The van der Waals surface area contributed by atoms with Gasteiger partial charge in [-0.2, -0.15) is 0 Å². The molecule has 0 bridgehead atoms. The molecule has 0 aromatic carbocycles. The van der Waals surface area contributed by atoms with Gasteiger partial charge < -0.3 is 5.32 Å². The highest BCUT2D eigenvalue weighted by Gasteiger charge is 2.37. The predicted molar refractivity (Wildman–Crippen MR) is 81.9 cm³/mol. The standard InChI is InChI=1S/C16H23ClF2N2/c1-2-8-21-15(10-13-5-9-20-11-14(13)17)12-3-6-16(18,19)7-4-12/h5,9,11-12,15,21H,2-4,6-8,10H2,1H3. The van der Waals surface area contributed by atoms with Gasteiger partial charge in [0.25, 0.3) is 0 Å². The lowest BCUT2D eigenvalue weighted by molar-refractivity contribution is -0.0495. The van der Waals surface area contributed by atoms with Crippen molar-refractivity contribution in [1.29, 1.82) is 0 Å². The topological polar surface area (TPSA) is 24.9 Å². The molecular weight excluding hydrogens is 294 g/mol. The Labute approximate surface area is 130 Å². The number of halogens is 3. The van der Waals surface area contributed by atoms with Crippen molar-refractivity contribution in [2.24, 2.45) is 5.92 Å². The third kappa shape index (κ3) is 4.89. The second-order valence-corrected chi connectivity index (χ2v) is 6.33. The van der Waals surface area contributed by atoms with Gasteiger partial charge in [-0.15, -0.1) is 0 Å². The normalized spacial score (nSPS) is 20.4. The van der Waals surface area contributed by atoms with Crippen LogP contribution in [0.2, 0.25) is 5.02 Å². The van der Waals surface area contributed by atoms with E-state index in [4.69, 9.17) is 11.6 Å². The maximum Gasteiger partial charge on any atom is 0.248 e. The van der Waals surface area contributed by atoms with Crippen molar-refractivity contribution in [3.63, 3.8) is 0 Å². The average Bonchev–Trinajstić information content (AvgIpc) is 2.46. The maximum atomic E-state index is 13.3. The van der Waals surface area contributed by atoms with E-state index in [1.54, 1.807) is 12.4 Å². The summed E-state index contributed by atoms with van der Waals surface area (Å²) in [6.45, 7) is 3.01. The van der Waals surface area contributed by atoms with Crippen molar-refractivity contribution in [2.75, 3.05) is 6.54 Å². The first-order valence-electron chi connectivity index (χ1n) is 7.71. The Balaban J connectivity index is 2.03. The summed E-state index contributed by atoms with van der Waals surface area (Å²) in [4.78, 5) is 3.99. The lowest BCUT2D eigenvalue weighted by atomic mass is 9.80. The van der Waals surface area contributed by atoms with Crippen LogP contribution in [0.25, 0.3) is 0 Å². The Morgan fingerprint density at radius 1 is 1.43 bits per heavy atom. The van der Waals surface area contributed by atoms with E-state index in [9.17, 15) is 8.78 Å². The number of aromatic nitrogens is 1. The number of hydrogen-bond acceptors (Lipinski definition) is 2. The molecule has 0 amide bonds. The fraction of sp³-hybridized carbons (Fsp3) is 0.688. The van der Waals surface area contributed by atoms with Crippen LogP contribution in [-0.2, 0) is 6.42 Å². The highest BCUT2D eigenvalue weighted by atomic mass is 35.5. The summed E-state index contributed by atoms with van der Waals surface area (Å²) < 4.78 is 26.7. The van der Waals surface area contributed by atoms with Crippen molar-refractivity contribution in [2.45, 2.75) is 57.4 Å². The van der Waals surface area contributed by atoms with E-state index < -0.39 is 5.92 Å². The molecule has 1 saturated carbocycles. The summed E-state index contributed by atoms with van der Waals surface area (Å²) in [6, 6.07) is 2.13. The first-order valence-corrected chi connectivity index (χ1v) is 8.09. The van der Waals surface area contributed by atoms with Crippen LogP contribution in [0.4, 0.5) is 8.78 Å². The van der Waals surface area contributed by atoms with Crippen LogP contribution in [0.1, 0.15) is 44.6 Å². The van der Waals surface area contributed by atoms with E-state index in [-0.39, 0.29) is 18.9 Å². The van der Waals surface area contributed by atoms with E-state index in [0.717, 1.165) is 24.9 Å². The van der Waals surface area contributed by atoms with E-state index in [1.807, 2.05) is 6.07 Å². The molecule has 1 unspecified atom stereocenters. The number of nitrogens with one attached hydrogen (secondary N) is 1. The zero-order valence-corrected chi connectivity index (χ0v) is 13.2. The Morgan fingerprint density at radius 2 is 2.14 bits per heavy atom. The molecule has 0 radical (unpaired) electrons. The highest BCUT2D eigenvalue weighted by Crippen LogP contribution is 2.38. The molecular formula is C16H23ClF2N2. The summed E-state index contributed by atoms with van der Waals surface area (Å²) in [5.74, 6) is -2.18. The molecule has 1 heterocycles. The Hall–Kier alpha value is -0.740. The molecule has 1 aromatic heterocycles. The van der Waals surface area contributed by atoms with Gasteiger partial charge in [-0.3, -0.25) is 4.98 Å². The summed E-state index contributed by atoms with van der Waals surface area (Å²) in [7, 11) is 0. The molecule has 5 heteroatoms. The number of nitrogens with zero attached hydrogens (tertiary/aromatic N) is 1. The van der Waals surface area contributed by atoms with Crippen LogP contribution in [-0.4, -0.2) is 23.5 Å². The summed E-state index contributed by atoms with van der Waals surface area (Å²) in [6.07, 6.45) is 6.35. The van der Waals surface area contributed by atoms with E-state index >= 15 is 0 Å². The number of rotatable bonds is 6. The fourth-order valence-electron chi connectivity index (χ4n) is 3.01. The lowest BCUT2D eigenvalue weighted by Gasteiger charge is -2.34. The smallest absolute Gasteiger partial charge is 0.248 e. The van der Waals surface area contributed by atoms with Gasteiger partial charge in [-0.1, -0.05) is 18.5 Å². The van der Waals surface area contributed by atoms with Crippen LogP contribution < -0.4 is 5.32 Å². The molecule has 0 saturated heterocycles. The zero-order valence-electron chi connectivity index (χ0n) is 12.4. The zero-order chi connectivity index (χ0) is 15.3. The summed E-state index contributed by atoms with van der Waals surface area (Å²) in [5.41, 5.74) is 1.04. The largest absolute Gasteiger partial charge is 0.313 e. The highest BCUT2D eigenvalue weighted by molar-refractivity contribution is 6.31. The second-order valence-electron chi connectivity index (χ2n) is 5.93. The Morgan fingerprint density at radius 3 is 2.76 bits per heavy atom. The van der Waals surface area contributed by atoms with E-state index in [0.29, 0.717) is 23.8 Å². The molecule has 0 aliphatic heterocycles. The van der Waals surface area contributed by atoms with Crippen LogP contribution in [0, 0.1) is 5.92 Å². The third-order valence-electron chi connectivity index (χ3n) is 4.28. The first kappa shape index (κ1) is 16.6. The van der Waals surface area contributed by atoms with Gasteiger partial charge in [0.15, 0.2) is 0 Å². The Kier molecular flexibility index (Phi) is 5.94. The van der Waals surface area contributed by atoms with E-state index in [1.165, 1.54) is 0 Å². The monoisotopic (exact) mass is 316 g/mol. The molecule has 2 nitrogen and oxygen atoms in total. The van der Waals surface area contributed by atoms with Gasteiger partial charge in [0.2, 0.25) is 5.92 Å². The molecule has 1 aliphatic rings. The van der Waals surface area contributed by atoms with Gasteiger partial charge >= 0.3 is 0 Å². The fourth-order valence-corrected chi connectivity index (χ4v) is 3.20. The minimum Gasteiger partial charge on any atom is -0.313 e. The second kappa shape index (κ2) is 7.50. The van der Waals surface area contributed by atoms with Crippen LogP contribution in [0.3, 0.4) is 0 Å². The third-order valence-corrected chi connectivity index (χ3v) is 4.62. The van der Waals surface area contributed by atoms with Crippen molar-refractivity contribution in [3.8, 4) is 0 Å². The molecule has 2 rings (SSSR count). The van der Waals surface area contributed by atoms with Crippen molar-refractivity contribution in [3.05, 3.63) is 29.0 Å². The molecule has 0 spiro atoms. The average molecular weight is 317 g/mol. The molecule has 118 valence electrons. The molecule has 1 aliphatic carbocycles. The van der Waals surface area contributed by atoms with Crippen molar-refractivity contribution < 1.29 is 8.78 Å². The molecule has 1 fully saturated rings. The predicted octanol–water partition coefficient (Wildman–Crippen LogP) is 4.47. The minimum atomic E-state index is -2.47. The number of pyridine rings is 1. The minimum absolute atomic E-state index is 0.00600. The first-order chi connectivity index (χ1) is 10.0. The summed E-state index contributed by atoms with van der Waals surface area (Å²) >= 11 is 6.18. The van der Waals surface area contributed by atoms with Crippen molar-refractivity contribution >= 4 is 11.6 Å². The Bertz CT molecular complexity index is 444. The molecule has 1 aromatic rings. The van der Waals surface area contributed by atoms with Crippen LogP contribution in [0.15, 0.2) is 18.5 Å². The van der Waals surface area contributed by atoms with Gasteiger partial charge in [0.1, 0.15) is 0 Å². The molecule has 1 atom stereocenters. The molecule has 1 N–H and O–H groups in total. The van der Waals surface area contributed by atoms with Crippen LogP contribution in [0.5, 0.6) is 0 Å². The van der Waals surface area contributed by atoms with Crippen molar-refractivity contribution in [1.82, 2.24) is 10.3 Å². The van der Waals surface area contributed by atoms with Gasteiger partial charge in [-0.05, 0) is 49.8 Å². The van der Waals surface area contributed by atoms with Crippen LogP contribution >= 0.6 is 11.6 Å². The maximum absolute atomic E-state index is 13.3. The number of hydrogen-bond donors (Lipinski definition) is 1. The SMILES string of the molecule is CCCNC(Cc1ccncc1Cl)C1CCC(F)(F)CC1. The summed E-state index contributed by atoms with van der Waals surface area (Å²) in [5, 5.41) is 4.17. The molecule has 21 heavy (non-hydrogen) atoms.